The summed E-state index contributed by atoms with van der Waals surface area (Å²) < 4.78 is 0. The van der Waals surface area contributed by atoms with Crippen molar-refractivity contribution in [2.45, 2.75) is 19.9 Å². The van der Waals surface area contributed by atoms with Gasteiger partial charge in [0.25, 0.3) is 5.91 Å². The van der Waals surface area contributed by atoms with Gasteiger partial charge in [0.05, 0.1) is 23.8 Å². The van der Waals surface area contributed by atoms with Gasteiger partial charge in [-0.05, 0) is 18.1 Å². The van der Waals surface area contributed by atoms with E-state index in [1.165, 1.54) is 0 Å². The van der Waals surface area contributed by atoms with Crippen molar-refractivity contribution in [1.29, 1.82) is 0 Å². The second-order valence-electron chi connectivity index (χ2n) is 5.58. The van der Waals surface area contributed by atoms with Crippen LogP contribution in [0.25, 0.3) is 0 Å². The first-order valence-electron chi connectivity index (χ1n) is 7.68. The molecule has 0 saturated heterocycles. The van der Waals surface area contributed by atoms with E-state index in [9.17, 15) is 14.4 Å². The van der Waals surface area contributed by atoms with Gasteiger partial charge in [0.1, 0.15) is 0 Å². The lowest BCUT2D eigenvalue weighted by Crippen LogP contribution is -2.46. The van der Waals surface area contributed by atoms with Gasteiger partial charge >= 0.3 is 0 Å². The van der Waals surface area contributed by atoms with Crippen LogP contribution in [-0.2, 0) is 9.59 Å². The number of amides is 3. The molecular formula is C17H24N4O3. The van der Waals surface area contributed by atoms with Gasteiger partial charge in [0.15, 0.2) is 0 Å². The van der Waals surface area contributed by atoms with Crippen molar-refractivity contribution in [2.75, 3.05) is 18.4 Å². The first kappa shape index (κ1) is 19.4. The molecule has 1 aromatic rings. The van der Waals surface area contributed by atoms with Crippen LogP contribution in [0, 0.1) is 5.92 Å². The highest BCUT2D eigenvalue weighted by Crippen LogP contribution is 2.14. The summed E-state index contributed by atoms with van der Waals surface area (Å²) in [5.41, 5.74) is 6.40. The maximum absolute atomic E-state index is 12.0. The third kappa shape index (κ3) is 5.85. The minimum atomic E-state index is -0.672. The fourth-order valence-electron chi connectivity index (χ4n) is 1.83. The third-order valence-electron chi connectivity index (χ3n) is 3.30. The molecule has 3 amide bonds. The number of nitrogens with one attached hydrogen (secondary N) is 3. The van der Waals surface area contributed by atoms with Crippen LogP contribution in [0.3, 0.4) is 0 Å². The highest BCUT2D eigenvalue weighted by molar-refractivity contribution is 6.04. The van der Waals surface area contributed by atoms with Crippen molar-refractivity contribution in [1.82, 2.24) is 10.6 Å². The normalized spacial score (nSPS) is 11.5. The van der Waals surface area contributed by atoms with E-state index < -0.39 is 17.9 Å². The van der Waals surface area contributed by atoms with Crippen LogP contribution in [0.1, 0.15) is 24.2 Å². The van der Waals surface area contributed by atoms with Crippen molar-refractivity contribution < 1.29 is 14.4 Å². The smallest absolute Gasteiger partial charge is 0.253 e. The SMILES string of the molecule is C=CCNC(=O)c1ccccc1NC(=O)CNC(=O)[C@@H](N)C(C)C. The Kier molecular flexibility index (Phi) is 7.64. The summed E-state index contributed by atoms with van der Waals surface area (Å²) in [7, 11) is 0. The van der Waals surface area contributed by atoms with Gasteiger partial charge in [0.2, 0.25) is 11.8 Å². The summed E-state index contributed by atoms with van der Waals surface area (Å²) in [6, 6.07) is 5.94. The fourth-order valence-corrected chi connectivity index (χ4v) is 1.83. The number of nitrogens with two attached hydrogens (primary N) is 1. The number of benzene rings is 1. The maximum Gasteiger partial charge on any atom is 0.253 e. The molecule has 1 aromatic carbocycles. The van der Waals surface area contributed by atoms with E-state index in [0.29, 0.717) is 17.8 Å². The third-order valence-corrected chi connectivity index (χ3v) is 3.30. The van der Waals surface area contributed by atoms with E-state index in [2.05, 4.69) is 22.5 Å². The molecule has 24 heavy (non-hydrogen) atoms. The zero-order chi connectivity index (χ0) is 18.1. The Bertz CT molecular complexity index is 614. The Morgan fingerprint density at radius 1 is 1.21 bits per heavy atom. The van der Waals surface area contributed by atoms with E-state index in [0.717, 1.165) is 0 Å². The van der Waals surface area contributed by atoms with E-state index >= 15 is 0 Å². The summed E-state index contributed by atoms with van der Waals surface area (Å²) in [4.78, 5) is 35.8. The molecule has 0 aliphatic heterocycles. The zero-order valence-corrected chi connectivity index (χ0v) is 14.0. The molecule has 0 bridgehead atoms. The first-order chi connectivity index (χ1) is 11.4. The van der Waals surface area contributed by atoms with E-state index in [4.69, 9.17) is 5.73 Å². The molecule has 0 unspecified atom stereocenters. The van der Waals surface area contributed by atoms with Crippen molar-refractivity contribution in [2.24, 2.45) is 11.7 Å². The predicted octanol–water partition coefficient (Wildman–Crippen LogP) is 0.640. The number of hydrogen-bond donors (Lipinski definition) is 4. The summed E-state index contributed by atoms with van der Waals surface area (Å²) in [5.74, 6) is -1.18. The van der Waals surface area contributed by atoms with Crippen molar-refractivity contribution in [3.63, 3.8) is 0 Å². The number of carbonyl (C=O) groups is 3. The Morgan fingerprint density at radius 3 is 2.50 bits per heavy atom. The minimum absolute atomic E-state index is 0.0256. The molecule has 1 atom stereocenters. The summed E-state index contributed by atoms with van der Waals surface area (Å²) in [6.07, 6.45) is 1.56. The molecular weight excluding hydrogens is 308 g/mol. The number of para-hydroxylation sites is 1. The number of anilines is 1. The van der Waals surface area contributed by atoms with Crippen molar-refractivity contribution in [3.8, 4) is 0 Å². The molecule has 0 radical (unpaired) electrons. The lowest BCUT2D eigenvalue weighted by atomic mass is 10.1. The standard InChI is InChI=1S/C17H24N4O3/c1-4-9-19-16(23)12-7-5-6-8-13(12)21-14(22)10-20-17(24)15(18)11(2)3/h4-8,11,15H,1,9-10,18H2,2-3H3,(H,19,23)(H,20,24)(H,21,22)/t15-/m0/s1. The van der Waals surface area contributed by atoms with Crippen LogP contribution in [0.2, 0.25) is 0 Å². The van der Waals surface area contributed by atoms with Gasteiger partial charge < -0.3 is 21.7 Å². The Morgan fingerprint density at radius 2 is 1.88 bits per heavy atom. The van der Waals surface area contributed by atoms with Crippen molar-refractivity contribution in [3.05, 3.63) is 42.5 Å². The van der Waals surface area contributed by atoms with Gasteiger partial charge in [-0.15, -0.1) is 6.58 Å². The summed E-state index contributed by atoms with van der Waals surface area (Å²) >= 11 is 0. The average Bonchev–Trinajstić information content (AvgIpc) is 2.57. The lowest BCUT2D eigenvalue weighted by molar-refractivity contribution is -0.125. The first-order valence-corrected chi connectivity index (χ1v) is 7.68. The van der Waals surface area contributed by atoms with Crippen LogP contribution in [0.4, 0.5) is 5.69 Å². The topological polar surface area (TPSA) is 113 Å². The fraction of sp³-hybridized carbons (Fsp3) is 0.353. The largest absolute Gasteiger partial charge is 0.349 e. The molecule has 130 valence electrons. The molecule has 0 heterocycles. The van der Waals surface area contributed by atoms with Crippen LogP contribution in [0.5, 0.6) is 0 Å². The monoisotopic (exact) mass is 332 g/mol. The van der Waals surface area contributed by atoms with Crippen LogP contribution >= 0.6 is 0 Å². The molecule has 0 spiro atoms. The van der Waals surface area contributed by atoms with Gasteiger partial charge in [-0.3, -0.25) is 14.4 Å². The highest BCUT2D eigenvalue weighted by Gasteiger charge is 2.18. The Labute approximate surface area is 141 Å². The van der Waals surface area contributed by atoms with Crippen LogP contribution < -0.4 is 21.7 Å². The summed E-state index contributed by atoms with van der Waals surface area (Å²) in [6.45, 7) is 7.28. The van der Waals surface area contributed by atoms with Crippen molar-refractivity contribution >= 4 is 23.4 Å². The Hall–Kier alpha value is -2.67. The predicted molar refractivity (Wildman–Crippen MR) is 93.4 cm³/mol. The van der Waals surface area contributed by atoms with Crippen LogP contribution in [0.15, 0.2) is 36.9 Å². The maximum atomic E-state index is 12.0. The quantitative estimate of drug-likeness (QED) is 0.523. The van der Waals surface area contributed by atoms with Crippen LogP contribution in [-0.4, -0.2) is 36.9 Å². The summed E-state index contributed by atoms with van der Waals surface area (Å²) in [5, 5.41) is 7.73. The molecule has 0 fully saturated rings. The average molecular weight is 332 g/mol. The van der Waals surface area contributed by atoms with E-state index in [1.807, 2.05) is 13.8 Å². The van der Waals surface area contributed by atoms with Gasteiger partial charge in [0, 0.05) is 6.54 Å². The van der Waals surface area contributed by atoms with Gasteiger partial charge in [-0.1, -0.05) is 32.1 Å². The Balaban J connectivity index is 2.66. The highest BCUT2D eigenvalue weighted by atomic mass is 16.2. The number of hydrogen-bond acceptors (Lipinski definition) is 4. The van der Waals surface area contributed by atoms with Gasteiger partial charge in [-0.2, -0.15) is 0 Å². The lowest BCUT2D eigenvalue weighted by Gasteiger charge is -2.15. The molecule has 1 rings (SSSR count). The molecule has 0 saturated carbocycles. The molecule has 7 nitrogen and oxygen atoms in total. The van der Waals surface area contributed by atoms with E-state index in [1.54, 1.807) is 30.3 Å². The molecule has 0 aromatic heterocycles. The second-order valence-corrected chi connectivity index (χ2v) is 5.58. The molecule has 5 N–H and O–H groups in total. The molecule has 0 aliphatic carbocycles. The second kappa shape index (κ2) is 9.46. The number of carbonyl (C=O) groups excluding carboxylic acids is 3. The van der Waals surface area contributed by atoms with E-state index in [-0.39, 0.29) is 18.4 Å². The minimum Gasteiger partial charge on any atom is -0.349 e. The van der Waals surface area contributed by atoms with Gasteiger partial charge in [-0.25, -0.2) is 0 Å². The molecule has 7 heteroatoms. The molecule has 0 aliphatic rings. The zero-order valence-electron chi connectivity index (χ0n) is 14.0. The number of rotatable bonds is 8.